The number of imidazole rings is 1. The van der Waals surface area contributed by atoms with Crippen LogP contribution in [0.2, 0.25) is 0 Å². The molecule has 0 unspecified atom stereocenters. The van der Waals surface area contributed by atoms with E-state index in [0.717, 1.165) is 16.9 Å². The van der Waals surface area contributed by atoms with Gasteiger partial charge in [-0.2, -0.15) is 0 Å². The lowest BCUT2D eigenvalue weighted by molar-refractivity contribution is 0.210. The summed E-state index contributed by atoms with van der Waals surface area (Å²) in [5.74, 6) is 0.812. The zero-order chi connectivity index (χ0) is 10.1. The highest BCUT2D eigenvalue weighted by atomic mass is 16.4. The number of fused-ring (bicyclic) bond motifs is 1. The molecule has 0 aliphatic rings. The second-order valence-electron chi connectivity index (χ2n) is 2.98. The maximum absolute atomic E-state index is 10.4. The first-order valence-corrected chi connectivity index (χ1v) is 4.11. The second kappa shape index (κ2) is 3.02. The standard InChI is InChI=1S/C9H9N3O2/c1-5-10-7-3-2-6(12-9(13)14)4-8(7)11-5/h2-4,12H,1H3,(H,10,11)(H,13,14). The van der Waals surface area contributed by atoms with Gasteiger partial charge >= 0.3 is 6.09 Å². The molecule has 5 heteroatoms. The van der Waals surface area contributed by atoms with Crippen molar-refractivity contribution in [2.24, 2.45) is 0 Å². The number of carbonyl (C=O) groups is 1. The number of carboxylic acid groups (broad SMARTS) is 1. The predicted molar refractivity (Wildman–Crippen MR) is 52.5 cm³/mol. The fourth-order valence-electron chi connectivity index (χ4n) is 1.33. The van der Waals surface area contributed by atoms with Crippen LogP contribution in [0.4, 0.5) is 10.5 Å². The topological polar surface area (TPSA) is 78.0 Å². The van der Waals surface area contributed by atoms with Crippen molar-refractivity contribution >= 4 is 22.8 Å². The molecule has 0 saturated heterocycles. The van der Waals surface area contributed by atoms with Gasteiger partial charge in [0.05, 0.1) is 11.0 Å². The normalized spacial score (nSPS) is 10.4. The highest BCUT2D eigenvalue weighted by molar-refractivity contribution is 5.87. The lowest BCUT2D eigenvalue weighted by atomic mass is 10.3. The van der Waals surface area contributed by atoms with Crippen LogP contribution in [0.15, 0.2) is 18.2 Å². The van der Waals surface area contributed by atoms with E-state index in [2.05, 4.69) is 15.3 Å². The molecule has 0 aliphatic carbocycles. The number of aromatic amines is 1. The molecular weight excluding hydrogens is 182 g/mol. The number of rotatable bonds is 1. The van der Waals surface area contributed by atoms with Gasteiger partial charge in [0.25, 0.3) is 0 Å². The molecule has 2 aromatic rings. The van der Waals surface area contributed by atoms with E-state index in [9.17, 15) is 4.79 Å². The van der Waals surface area contributed by atoms with Gasteiger partial charge in [-0.3, -0.25) is 5.32 Å². The van der Waals surface area contributed by atoms with E-state index < -0.39 is 6.09 Å². The molecule has 0 bridgehead atoms. The second-order valence-corrected chi connectivity index (χ2v) is 2.98. The number of nitrogens with one attached hydrogen (secondary N) is 2. The van der Waals surface area contributed by atoms with Crippen molar-refractivity contribution in [2.75, 3.05) is 5.32 Å². The average molecular weight is 191 g/mol. The molecule has 0 saturated carbocycles. The molecule has 0 spiro atoms. The van der Waals surface area contributed by atoms with Crippen LogP contribution in [0.5, 0.6) is 0 Å². The van der Waals surface area contributed by atoms with Crippen molar-refractivity contribution in [3.05, 3.63) is 24.0 Å². The van der Waals surface area contributed by atoms with Gasteiger partial charge in [-0.1, -0.05) is 0 Å². The Kier molecular flexibility index (Phi) is 1.85. The Hall–Kier alpha value is -2.04. The molecule has 14 heavy (non-hydrogen) atoms. The summed E-state index contributed by atoms with van der Waals surface area (Å²) >= 11 is 0. The summed E-state index contributed by atoms with van der Waals surface area (Å²) in [6.45, 7) is 1.85. The number of nitrogens with zero attached hydrogens (tertiary/aromatic N) is 1. The minimum Gasteiger partial charge on any atom is -0.465 e. The lowest BCUT2D eigenvalue weighted by Crippen LogP contribution is -2.06. The van der Waals surface area contributed by atoms with Gasteiger partial charge < -0.3 is 10.1 Å². The van der Waals surface area contributed by atoms with E-state index in [1.54, 1.807) is 18.2 Å². The quantitative estimate of drug-likeness (QED) is 0.644. The summed E-state index contributed by atoms with van der Waals surface area (Å²) in [6, 6.07) is 5.17. The van der Waals surface area contributed by atoms with E-state index in [0.29, 0.717) is 5.69 Å². The van der Waals surface area contributed by atoms with Gasteiger partial charge in [0, 0.05) is 5.69 Å². The maximum atomic E-state index is 10.4. The van der Waals surface area contributed by atoms with Crippen LogP contribution in [0.1, 0.15) is 5.82 Å². The molecule has 1 heterocycles. The third-order valence-corrected chi connectivity index (χ3v) is 1.85. The molecule has 5 nitrogen and oxygen atoms in total. The van der Waals surface area contributed by atoms with Crippen LogP contribution >= 0.6 is 0 Å². The summed E-state index contributed by atoms with van der Waals surface area (Å²) < 4.78 is 0. The lowest BCUT2D eigenvalue weighted by Gasteiger charge is -1.98. The van der Waals surface area contributed by atoms with E-state index >= 15 is 0 Å². The monoisotopic (exact) mass is 191 g/mol. The first kappa shape index (κ1) is 8.55. The fraction of sp³-hybridized carbons (Fsp3) is 0.111. The third-order valence-electron chi connectivity index (χ3n) is 1.85. The number of hydrogen-bond acceptors (Lipinski definition) is 2. The molecule has 0 aliphatic heterocycles. The van der Waals surface area contributed by atoms with Crippen LogP contribution < -0.4 is 5.32 Å². The zero-order valence-corrected chi connectivity index (χ0v) is 7.53. The summed E-state index contributed by atoms with van der Waals surface area (Å²) in [4.78, 5) is 17.6. The Morgan fingerprint density at radius 3 is 3.07 bits per heavy atom. The largest absolute Gasteiger partial charge is 0.465 e. The zero-order valence-electron chi connectivity index (χ0n) is 7.53. The van der Waals surface area contributed by atoms with Crippen molar-refractivity contribution in [1.82, 2.24) is 9.97 Å². The summed E-state index contributed by atoms with van der Waals surface area (Å²) in [5.41, 5.74) is 2.18. The van der Waals surface area contributed by atoms with Crippen molar-refractivity contribution in [3.63, 3.8) is 0 Å². The minimum absolute atomic E-state index is 0.525. The number of amides is 1. The SMILES string of the molecule is Cc1nc2cc(NC(=O)O)ccc2[nH]1. The highest BCUT2D eigenvalue weighted by Gasteiger charge is 2.02. The molecule has 1 aromatic heterocycles. The Bertz CT molecular complexity index is 490. The van der Waals surface area contributed by atoms with E-state index in [1.165, 1.54) is 0 Å². The third kappa shape index (κ3) is 1.52. The number of aryl methyl sites for hydroxylation is 1. The molecule has 3 N–H and O–H groups in total. The Morgan fingerprint density at radius 1 is 1.57 bits per heavy atom. The van der Waals surface area contributed by atoms with Crippen LogP contribution in [0, 0.1) is 6.92 Å². The van der Waals surface area contributed by atoms with Gasteiger partial charge in [0.15, 0.2) is 0 Å². The number of hydrogen-bond donors (Lipinski definition) is 3. The van der Waals surface area contributed by atoms with Gasteiger partial charge in [-0.05, 0) is 25.1 Å². The Balaban J connectivity index is 2.45. The van der Waals surface area contributed by atoms with Crippen molar-refractivity contribution in [3.8, 4) is 0 Å². The van der Waals surface area contributed by atoms with Crippen molar-refractivity contribution in [2.45, 2.75) is 6.92 Å². The van der Waals surface area contributed by atoms with Crippen molar-refractivity contribution in [1.29, 1.82) is 0 Å². The molecule has 0 atom stereocenters. The summed E-state index contributed by atoms with van der Waals surface area (Å²) in [7, 11) is 0. The number of H-pyrrole nitrogens is 1. The number of aromatic nitrogens is 2. The van der Waals surface area contributed by atoms with Gasteiger partial charge in [-0.25, -0.2) is 9.78 Å². The maximum Gasteiger partial charge on any atom is 0.409 e. The van der Waals surface area contributed by atoms with Gasteiger partial charge in [0.2, 0.25) is 0 Å². The van der Waals surface area contributed by atoms with E-state index in [1.807, 2.05) is 6.92 Å². The molecule has 2 rings (SSSR count). The molecule has 0 fully saturated rings. The van der Waals surface area contributed by atoms with E-state index in [-0.39, 0.29) is 0 Å². The molecule has 0 radical (unpaired) electrons. The first-order chi connectivity index (χ1) is 6.65. The molecule has 1 amide bonds. The van der Waals surface area contributed by atoms with Crippen molar-refractivity contribution < 1.29 is 9.90 Å². The fourth-order valence-corrected chi connectivity index (χ4v) is 1.33. The van der Waals surface area contributed by atoms with Crippen LogP contribution in [-0.4, -0.2) is 21.2 Å². The first-order valence-electron chi connectivity index (χ1n) is 4.11. The number of anilines is 1. The Labute approximate surface area is 79.8 Å². The summed E-state index contributed by atoms with van der Waals surface area (Å²) in [6.07, 6.45) is -1.07. The van der Waals surface area contributed by atoms with Gasteiger partial charge in [0.1, 0.15) is 5.82 Å². The highest BCUT2D eigenvalue weighted by Crippen LogP contribution is 2.16. The minimum atomic E-state index is -1.07. The van der Waals surface area contributed by atoms with Gasteiger partial charge in [-0.15, -0.1) is 0 Å². The van der Waals surface area contributed by atoms with Crippen LogP contribution in [0.3, 0.4) is 0 Å². The predicted octanol–water partition coefficient (Wildman–Crippen LogP) is 1.96. The molecular formula is C9H9N3O2. The average Bonchev–Trinajstić information content (AvgIpc) is 2.42. The summed E-state index contributed by atoms with van der Waals surface area (Å²) in [5, 5.41) is 10.8. The van der Waals surface area contributed by atoms with E-state index in [4.69, 9.17) is 5.11 Å². The number of benzene rings is 1. The van der Waals surface area contributed by atoms with Crippen LogP contribution in [0.25, 0.3) is 11.0 Å². The molecule has 72 valence electrons. The smallest absolute Gasteiger partial charge is 0.409 e. The Morgan fingerprint density at radius 2 is 2.36 bits per heavy atom. The van der Waals surface area contributed by atoms with Crippen LogP contribution in [-0.2, 0) is 0 Å². The molecule has 1 aromatic carbocycles.